The first-order valence-corrected chi connectivity index (χ1v) is 9.06. The standard InChI is InChI=1S/C17H24N4OS/c1-14(21-9-6-18-15(21)2)17(22)20-8-4-7-19(10-11-20)13-16-5-3-12-23-16/h3,5-6,9,12,14H,4,7-8,10-11,13H2,1-2H3. The maximum absolute atomic E-state index is 12.8. The zero-order chi connectivity index (χ0) is 16.2. The van der Waals surface area contributed by atoms with E-state index in [1.54, 1.807) is 17.5 Å². The lowest BCUT2D eigenvalue weighted by atomic mass is 10.2. The maximum Gasteiger partial charge on any atom is 0.245 e. The van der Waals surface area contributed by atoms with Gasteiger partial charge in [-0.2, -0.15) is 0 Å². The summed E-state index contributed by atoms with van der Waals surface area (Å²) in [6.07, 6.45) is 4.68. The molecule has 1 atom stereocenters. The molecule has 3 rings (SSSR count). The Hall–Kier alpha value is -1.66. The van der Waals surface area contributed by atoms with Crippen molar-refractivity contribution in [2.24, 2.45) is 0 Å². The van der Waals surface area contributed by atoms with Gasteiger partial charge >= 0.3 is 0 Å². The molecule has 5 nitrogen and oxygen atoms in total. The van der Waals surface area contributed by atoms with Crippen LogP contribution < -0.4 is 0 Å². The molecule has 1 aliphatic rings. The zero-order valence-corrected chi connectivity index (χ0v) is 14.6. The molecule has 0 bridgehead atoms. The van der Waals surface area contributed by atoms with Gasteiger partial charge in [-0.15, -0.1) is 11.3 Å². The van der Waals surface area contributed by atoms with Crippen molar-refractivity contribution in [2.45, 2.75) is 32.9 Å². The molecule has 0 N–H and O–H groups in total. The van der Waals surface area contributed by atoms with Gasteiger partial charge in [0.25, 0.3) is 0 Å². The van der Waals surface area contributed by atoms with Crippen LogP contribution in [-0.4, -0.2) is 51.4 Å². The summed E-state index contributed by atoms with van der Waals surface area (Å²) >= 11 is 1.80. The largest absolute Gasteiger partial charge is 0.340 e. The van der Waals surface area contributed by atoms with Crippen molar-refractivity contribution >= 4 is 17.2 Å². The van der Waals surface area contributed by atoms with Crippen LogP contribution in [0.3, 0.4) is 0 Å². The van der Waals surface area contributed by atoms with E-state index >= 15 is 0 Å². The second-order valence-electron chi connectivity index (χ2n) is 6.09. The SMILES string of the molecule is Cc1nccn1C(C)C(=O)N1CCCN(Cc2cccs2)CC1. The monoisotopic (exact) mass is 332 g/mol. The minimum Gasteiger partial charge on any atom is -0.340 e. The molecule has 1 fully saturated rings. The Balaban J connectivity index is 1.59. The van der Waals surface area contributed by atoms with E-state index in [-0.39, 0.29) is 11.9 Å². The number of imidazole rings is 1. The van der Waals surface area contributed by atoms with Gasteiger partial charge in [-0.25, -0.2) is 4.98 Å². The third-order valence-corrected chi connectivity index (χ3v) is 5.36. The highest BCUT2D eigenvalue weighted by Crippen LogP contribution is 2.17. The second-order valence-corrected chi connectivity index (χ2v) is 7.12. The van der Waals surface area contributed by atoms with Gasteiger partial charge in [0.15, 0.2) is 0 Å². The van der Waals surface area contributed by atoms with Crippen LogP contribution in [-0.2, 0) is 11.3 Å². The van der Waals surface area contributed by atoms with Crippen LogP contribution in [0.5, 0.6) is 0 Å². The quantitative estimate of drug-likeness (QED) is 0.864. The van der Waals surface area contributed by atoms with Gasteiger partial charge < -0.3 is 9.47 Å². The van der Waals surface area contributed by atoms with Crippen LogP contribution in [0.1, 0.15) is 30.1 Å². The van der Waals surface area contributed by atoms with Crippen molar-refractivity contribution in [3.8, 4) is 0 Å². The number of amides is 1. The molecular weight excluding hydrogens is 308 g/mol. The molecule has 0 spiro atoms. The lowest BCUT2D eigenvalue weighted by Crippen LogP contribution is -2.39. The third kappa shape index (κ3) is 3.82. The van der Waals surface area contributed by atoms with E-state index in [1.807, 2.05) is 29.5 Å². The van der Waals surface area contributed by atoms with Gasteiger partial charge in [0.2, 0.25) is 5.91 Å². The lowest BCUT2D eigenvalue weighted by molar-refractivity contribution is -0.134. The van der Waals surface area contributed by atoms with Crippen molar-refractivity contribution in [1.82, 2.24) is 19.4 Å². The predicted molar refractivity (Wildman–Crippen MR) is 92.5 cm³/mol. The van der Waals surface area contributed by atoms with E-state index in [0.717, 1.165) is 45.0 Å². The van der Waals surface area contributed by atoms with Crippen LogP contribution in [0.25, 0.3) is 0 Å². The van der Waals surface area contributed by atoms with Crippen LogP contribution in [0.15, 0.2) is 29.9 Å². The molecule has 6 heteroatoms. The van der Waals surface area contributed by atoms with Crippen LogP contribution >= 0.6 is 11.3 Å². The Kier molecular flexibility index (Phi) is 5.13. The number of hydrogen-bond acceptors (Lipinski definition) is 4. The fraction of sp³-hybridized carbons (Fsp3) is 0.529. The molecule has 2 aromatic rings. The zero-order valence-electron chi connectivity index (χ0n) is 13.8. The number of nitrogens with zero attached hydrogens (tertiary/aromatic N) is 4. The summed E-state index contributed by atoms with van der Waals surface area (Å²) in [5.41, 5.74) is 0. The summed E-state index contributed by atoms with van der Waals surface area (Å²) in [6, 6.07) is 4.10. The first-order valence-electron chi connectivity index (χ1n) is 8.18. The Bertz CT molecular complexity index is 637. The van der Waals surface area contributed by atoms with E-state index in [1.165, 1.54) is 4.88 Å². The predicted octanol–water partition coefficient (Wildman–Crippen LogP) is 2.55. The van der Waals surface area contributed by atoms with E-state index in [4.69, 9.17) is 0 Å². The van der Waals surface area contributed by atoms with Gasteiger partial charge in [-0.05, 0) is 31.7 Å². The molecule has 1 aliphatic heterocycles. The molecule has 2 aromatic heterocycles. The Morgan fingerprint density at radius 2 is 2.22 bits per heavy atom. The van der Waals surface area contributed by atoms with Crippen molar-refractivity contribution in [3.63, 3.8) is 0 Å². The summed E-state index contributed by atoms with van der Waals surface area (Å²) in [4.78, 5) is 22.9. The first-order chi connectivity index (χ1) is 11.1. The number of hydrogen-bond donors (Lipinski definition) is 0. The molecule has 1 amide bonds. The minimum absolute atomic E-state index is 0.179. The van der Waals surface area contributed by atoms with Crippen molar-refractivity contribution in [1.29, 1.82) is 0 Å². The number of aryl methyl sites for hydroxylation is 1. The van der Waals surface area contributed by atoms with Crippen molar-refractivity contribution < 1.29 is 4.79 Å². The molecule has 23 heavy (non-hydrogen) atoms. The van der Waals surface area contributed by atoms with Gasteiger partial charge in [0.1, 0.15) is 11.9 Å². The summed E-state index contributed by atoms with van der Waals surface area (Å²) in [5, 5.41) is 2.12. The van der Waals surface area contributed by atoms with Crippen LogP contribution in [0.4, 0.5) is 0 Å². The average molecular weight is 332 g/mol. The Morgan fingerprint density at radius 1 is 1.35 bits per heavy atom. The van der Waals surface area contributed by atoms with Crippen LogP contribution in [0.2, 0.25) is 0 Å². The Morgan fingerprint density at radius 3 is 2.91 bits per heavy atom. The van der Waals surface area contributed by atoms with E-state index < -0.39 is 0 Å². The summed E-state index contributed by atoms with van der Waals surface area (Å²) < 4.78 is 1.96. The summed E-state index contributed by atoms with van der Waals surface area (Å²) in [7, 11) is 0. The highest BCUT2D eigenvalue weighted by Gasteiger charge is 2.25. The fourth-order valence-corrected chi connectivity index (χ4v) is 3.90. The molecular formula is C17H24N4OS. The minimum atomic E-state index is -0.179. The molecule has 1 unspecified atom stereocenters. The normalized spacial score (nSPS) is 17.9. The molecule has 0 saturated carbocycles. The van der Waals surface area contributed by atoms with Gasteiger partial charge in [0, 0.05) is 50.0 Å². The summed E-state index contributed by atoms with van der Waals surface area (Å²) in [5.74, 6) is 1.09. The smallest absolute Gasteiger partial charge is 0.245 e. The van der Waals surface area contributed by atoms with Gasteiger partial charge in [-0.1, -0.05) is 6.07 Å². The number of aromatic nitrogens is 2. The fourth-order valence-electron chi connectivity index (χ4n) is 3.15. The van der Waals surface area contributed by atoms with Gasteiger partial charge in [-0.3, -0.25) is 9.69 Å². The number of carbonyl (C=O) groups is 1. The molecule has 124 valence electrons. The number of thiophene rings is 1. The topological polar surface area (TPSA) is 41.4 Å². The summed E-state index contributed by atoms with van der Waals surface area (Å²) in [6.45, 7) is 8.55. The maximum atomic E-state index is 12.8. The molecule has 0 aliphatic carbocycles. The van der Waals surface area contributed by atoms with Crippen LogP contribution in [0, 0.1) is 6.92 Å². The molecule has 0 aromatic carbocycles. The first kappa shape index (κ1) is 16.2. The van der Waals surface area contributed by atoms with E-state index in [2.05, 4.69) is 27.4 Å². The number of rotatable bonds is 4. The Labute approximate surface area is 141 Å². The number of carbonyl (C=O) groups excluding carboxylic acids is 1. The third-order valence-electron chi connectivity index (χ3n) is 4.50. The highest BCUT2D eigenvalue weighted by atomic mass is 32.1. The van der Waals surface area contributed by atoms with Crippen molar-refractivity contribution in [2.75, 3.05) is 26.2 Å². The lowest BCUT2D eigenvalue weighted by Gasteiger charge is -2.25. The average Bonchev–Trinajstić information content (AvgIpc) is 3.14. The van der Waals surface area contributed by atoms with E-state index in [9.17, 15) is 4.79 Å². The second kappa shape index (κ2) is 7.27. The molecule has 1 saturated heterocycles. The van der Waals surface area contributed by atoms with Crippen molar-refractivity contribution in [3.05, 3.63) is 40.6 Å². The van der Waals surface area contributed by atoms with Gasteiger partial charge in [0.05, 0.1) is 0 Å². The highest BCUT2D eigenvalue weighted by molar-refractivity contribution is 7.09. The molecule has 3 heterocycles. The molecule has 0 radical (unpaired) electrons. The van der Waals surface area contributed by atoms with E-state index in [0.29, 0.717) is 0 Å².